The fourth-order valence-corrected chi connectivity index (χ4v) is 3.94. The molecule has 22 heavy (non-hydrogen) atoms. The van der Waals surface area contributed by atoms with E-state index in [0.717, 1.165) is 28.7 Å². The Morgan fingerprint density at radius 1 is 1.50 bits per heavy atom. The van der Waals surface area contributed by atoms with Crippen LogP contribution in [0.2, 0.25) is 0 Å². The highest BCUT2D eigenvalue weighted by Gasteiger charge is 2.24. The molecule has 2 aromatic rings. The Morgan fingerprint density at radius 2 is 2.32 bits per heavy atom. The summed E-state index contributed by atoms with van der Waals surface area (Å²) in [6.07, 6.45) is 4.28. The molecule has 6 nitrogen and oxygen atoms in total. The number of rotatable bonds is 1. The first-order valence-corrected chi connectivity index (χ1v) is 8.90. The number of fused-ring (bicyclic) bond motifs is 1. The number of carbonyl (C=O) groups excluding carboxylic acids is 1. The molecule has 2 atom stereocenters. The van der Waals surface area contributed by atoms with Gasteiger partial charge in [0.1, 0.15) is 5.65 Å². The number of nitrogens with zero attached hydrogens (tertiary/aromatic N) is 2. The molecule has 0 saturated carbocycles. The average molecular weight is 320 g/mol. The van der Waals surface area contributed by atoms with E-state index in [2.05, 4.69) is 15.3 Å². The van der Waals surface area contributed by atoms with E-state index in [4.69, 9.17) is 0 Å². The van der Waals surface area contributed by atoms with Crippen LogP contribution in [0, 0.1) is 6.92 Å². The van der Waals surface area contributed by atoms with Crippen LogP contribution in [0.3, 0.4) is 0 Å². The standard InChI is InChI=1S/C15H20N4O2S/c1-10-4-7-22(21)8-6-19(10)15(20)18-13-9-17-14-12(11(13)2)3-5-16-14/h3,5,9-10H,4,6-8H2,1-2H3,(H,16,17)(H,18,20). The second-order valence-electron chi connectivity index (χ2n) is 5.65. The highest BCUT2D eigenvalue weighted by molar-refractivity contribution is 7.85. The smallest absolute Gasteiger partial charge is 0.322 e. The van der Waals surface area contributed by atoms with Crippen LogP contribution < -0.4 is 5.32 Å². The zero-order valence-electron chi connectivity index (χ0n) is 12.8. The van der Waals surface area contributed by atoms with E-state index in [-0.39, 0.29) is 12.1 Å². The van der Waals surface area contributed by atoms with Gasteiger partial charge in [0.2, 0.25) is 0 Å². The minimum atomic E-state index is -0.818. The molecule has 0 radical (unpaired) electrons. The number of pyridine rings is 1. The first kappa shape index (κ1) is 15.0. The van der Waals surface area contributed by atoms with Crippen LogP contribution in [0.4, 0.5) is 10.5 Å². The Bertz CT molecular complexity index is 727. The lowest BCUT2D eigenvalue weighted by atomic mass is 10.2. The number of urea groups is 1. The van der Waals surface area contributed by atoms with Crippen molar-refractivity contribution in [1.29, 1.82) is 0 Å². The quantitative estimate of drug-likeness (QED) is 0.846. The molecular weight excluding hydrogens is 300 g/mol. The Kier molecular flexibility index (Phi) is 4.15. The van der Waals surface area contributed by atoms with Gasteiger partial charge >= 0.3 is 6.03 Å². The second kappa shape index (κ2) is 6.08. The zero-order valence-corrected chi connectivity index (χ0v) is 13.6. The highest BCUT2D eigenvalue weighted by Crippen LogP contribution is 2.23. The van der Waals surface area contributed by atoms with Gasteiger partial charge in [-0.2, -0.15) is 0 Å². The van der Waals surface area contributed by atoms with E-state index in [9.17, 15) is 9.00 Å². The van der Waals surface area contributed by atoms with Crippen LogP contribution in [0.1, 0.15) is 18.9 Å². The third kappa shape index (κ3) is 2.85. The number of aromatic amines is 1. The van der Waals surface area contributed by atoms with E-state index in [1.807, 2.05) is 26.1 Å². The van der Waals surface area contributed by atoms with Crippen molar-refractivity contribution >= 4 is 33.6 Å². The third-order valence-corrected chi connectivity index (χ3v) is 5.54. The largest absolute Gasteiger partial charge is 0.346 e. The number of nitrogens with one attached hydrogen (secondary N) is 2. The molecule has 1 saturated heterocycles. The van der Waals surface area contributed by atoms with E-state index in [1.54, 1.807) is 11.1 Å². The van der Waals surface area contributed by atoms with E-state index in [0.29, 0.717) is 18.1 Å². The van der Waals surface area contributed by atoms with Crippen molar-refractivity contribution in [3.63, 3.8) is 0 Å². The van der Waals surface area contributed by atoms with Crippen molar-refractivity contribution in [3.05, 3.63) is 24.0 Å². The molecule has 2 amide bonds. The number of hydrogen-bond donors (Lipinski definition) is 2. The van der Waals surface area contributed by atoms with Crippen molar-refractivity contribution in [2.45, 2.75) is 26.3 Å². The van der Waals surface area contributed by atoms with Crippen molar-refractivity contribution in [1.82, 2.24) is 14.9 Å². The molecule has 0 spiro atoms. The predicted octanol–water partition coefficient (Wildman–Crippen LogP) is 2.25. The Morgan fingerprint density at radius 3 is 3.14 bits per heavy atom. The summed E-state index contributed by atoms with van der Waals surface area (Å²) >= 11 is 0. The molecule has 0 bridgehead atoms. The maximum atomic E-state index is 12.5. The number of amides is 2. The van der Waals surface area contributed by atoms with Gasteiger partial charge in [-0.05, 0) is 31.9 Å². The summed E-state index contributed by atoms with van der Waals surface area (Å²) in [6.45, 7) is 4.50. The number of aryl methyl sites for hydroxylation is 1. The molecule has 1 aliphatic heterocycles. The fourth-order valence-electron chi connectivity index (χ4n) is 2.74. The zero-order chi connectivity index (χ0) is 15.7. The number of anilines is 1. The SMILES string of the molecule is Cc1c(NC(=O)N2CCS(=O)CCC2C)cnc2[nH]ccc12. The van der Waals surface area contributed by atoms with Gasteiger partial charge in [0.25, 0.3) is 0 Å². The van der Waals surface area contributed by atoms with Crippen LogP contribution in [0.15, 0.2) is 18.5 Å². The number of carbonyl (C=O) groups is 1. The average Bonchev–Trinajstić information content (AvgIpc) is 2.91. The van der Waals surface area contributed by atoms with Crippen LogP contribution in [-0.4, -0.2) is 49.2 Å². The minimum absolute atomic E-state index is 0.0932. The maximum absolute atomic E-state index is 12.5. The minimum Gasteiger partial charge on any atom is -0.346 e. The lowest BCUT2D eigenvalue weighted by molar-refractivity contribution is 0.197. The molecule has 1 fully saturated rings. The molecule has 3 rings (SSSR count). The van der Waals surface area contributed by atoms with Crippen LogP contribution >= 0.6 is 0 Å². The number of hydrogen-bond acceptors (Lipinski definition) is 3. The lowest BCUT2D eigenvalue weighted by Gasteiger charge is -2.27. The first-order chi connectivity index (χ1) is 10.6. The fraction of sp³-hybridized carbons (Fsp3) is 0.467. The summed E-state index contributed by atoms with van der Waals surface area (Å²) in [6, 6.07) is 1.90. The van der Waals surface area contributed by atoms with Crippen molar-refractivity contribution in [3.8, 4) is 0 Å². The molecule has 3 heterocycles. The van der Waals surface area contributed by atoms with E-state index < -0.39 is 10.8 Å². The summed E-state index contributed by atoms with van der Waals surface area (Å²) in [5.41, 5.74) is 2.52. The van der Waals surface area contributed by atoms with Crippen molar-refractivity contribution < 1.29 is 9.00 Å². The third-order valence-electron chi connectivity index (χ3n) is 4.21. The molecule has 2 N–H and O–H groups in total. The van der Waals surface area contributed by atoms with Gasteiger partial charge in [-0.1, -0.05) is 0 Å². The summed E-state index contributed by atoms with van der Waals surface area (Å²) in [7, 11) is -0.818. The summed E-state index contributed by atoms with van der Waals surface area (Å²) in [4.78, 5) is 21.7. The monoisotopic (exact) mass is 320 g/mol. The topological polar surface area (TPSA) is 78.1 Å². The molecule has 2 unspecified atom stereocenters. The predicted molar refractivity (Wildman–Crippen MR) is 88.5 cm³/mol. The van der Waals surface area contributed by atoms with Crippen molar-refractivity contribution in [2.75, 3.05) is 23.4 Å². The van der Waals surface area contributed by atoms with Gasteiger partial charge in [-0.3, -0.25) is 4.21 Å². The normalized spacial score (nSPS) is 22.5. The van der Waals surface area contributed by atoms with Crippen molar-refractivity contribution in [2.24, 2.45) is 0 Å². The van der Waals surface area contributed by atoms with Gasteiger partial charge in [0.05, 0.1) is 11.9 Å². The molecular formula is C15H20N4O2S. The summed E-state index contributed by atoms with van der Waals surface area (Å²) < 4.78 is 11.7. The Labute approximate surface area is 131 Å². The van der Waals surface area contributed by atoms with Gasteiger partial charge in [-0.15, -0.1) is 0 Å². The summed E-state index contributed by atoms with van der Waals surface area (Å²) in [5.74, 6) is 1.21. The Hall–Kier alpha value is -1.89. The molecule has 118 valence electrons. The van der Waals surface area contributed by atoms with Crippen LogP contribution in [0.5, 0.6) is 0 Å². The number of aromatic nitrogens is 2. The molecule has 0 aliphatic carbocycles. The van der Waals surface area contributed by atoms with E-state index >= 15 is 0 Å². The maximum Gasteiger partial charge on any atom is 0.322 e. The summed E-state index contributed by atoms with van der Waals surface area (Å²) in [5, 5.41) is 3.95. The van der Waals surface area contributed by atoms with Gasteiger partial charge in [0, 0.05) is 46.5 Å². The first-order valence-electron chi connectivity index (χ1n) is 7.41. The van der Waals surface area contributed by atoms with Gasteiger partial charge < -0.3 is 15.2 Å². The van der Waals surface area contributed by atoms with Crippen LogP contribution in [0.25, 0.3) is 11.0 Å². The number of H-pyrrole nitrogens is 1. The lowest BCUT2D eigenvalue weighted by Crippen LogP contribution is -2.42. The van der Waals surface area contributed by atoms with Gasteiger partial charge in [-0.25, -0.2) is 9.78 Å². The highest BCUT2D eigenvalue weighted by atomic mass is 32.2. The molecule has 0 aromatic carbocycles. The van der Waals surface area contributed by atoms with E-state index in [1.165, 1.54) is 0 Å². The Balaban J connectivity index is 1.80. The van der Waals surface area contributed by atoms with Gasteiger partial charge in [0.15, 0.2) is 0 Å². The van der Waals surface area contributed by atoms with Crippen LogP contribution in [-0.2, 0) is 10.8 Å². The second-order valence-corrected chi connectivity index (χ2v) is 7.34. The molecule has 1 aliphatic rings. The molecule has 2 aromatic heterocycles. The molecule has 7 heteroatoms.